The number of fused-ring (bicyclic) bond motifs is 8. The Kier molecular flexibility index (Phi) is 22.7. The van der Waals surface area contributed by atoms with Crippen LogP contribution in [0.15, 0.2) is 243 Å². The van der Waals surface area contributed by atoms with E-state index in [-0.39, 0.29) is 46.1 Å². The van der Waals surface area contributed by atoms with Crippen LogP contribution in [0.1, 0.15) is 196 Å². The van der Waals surface area contributed by atoms with Gasteiger partial charge in [-0.05, 0) is 221 Å². The molecule has 16 rings (SSSR count). The van der Waals surface area contributed by atoms with E-state index in [9.17, 15) is 0 Å². The molecule has 0 spiro atoms. The van der Waals surface area contributed by atoms with Crippen LogP contribution in [0.5, 0.6) is 23.0 Å². The molecule has 0 saturated carbocycles. The Morgan fingerprint density at radius 1 is 0.279 bits per heavy atom. The average molecular weight is 1610 g/mol. The van der Waals surface area contributed by atoms with Crippen LogP contribution in [-0.2, 0) is 20.8 Å². The zero-order valence-corrected chi connectivity index (χ0v) is 73.6. The van der Waals surface area contributed by atoms with Crippen molar-refractivity contribution in [1.29, 1.82) is 0 Å². The molecule has 4 unspecified atom stereocenters. The van der Waals surface area contributed by atoms with Crippen molar-refractivity contribution in [1.82, 2.24) is 0 Å². The second-order valence-corrected chi connectivity index (χ2v) is 42.5. The number of benzene rings is 8. The summed E-state index contributed by atoms with van der Waals surface area (Å²) in [6.07, 6.45) is 36.7. The third-order valence-electron chi connectivity index (χ3n) is 21.5. The quantitative estimate of drug-likeness (QED) is 0.0902. The van der Waals surface area contributed by atoms with Crippen molar-refractivity contribution in [3.63, 3.8) is 0 Å². The van der Waals surface area contributed by atoms with Gasteiger partial charge in [0.2, 0.25) is 0 Å². The first-order chi connectivity index (χ1) is 52.9. The molecule has 0 saturated heterocycles. The second kappa shape index (κ2) is 32.0. The zero-order valence-electron chi connectivity index (χ0n) is 67.6. The number of rotatable bonds is 12. The van der Waals surface area contributed by atoms with Gasteiger partial charge in [-0.3, -0.25) is 0 Å². The number of allylic oxidation sites excluding steroid dienone is 12. The molecular formula is C102H102Cl2O4Si2Zr-4. The molecule has 4 atom stereocenters. The van der Waals surface area contributed by atoms with Gasteiger partial charge in [-0.2, -0.15) is 68.8 Å². The molecule has 12 aromatic rings. The number of hydrogen-bond donors (Lipinski definition) is 0. The molecule has 111 heavy (non-hydrogen) atoms. The fraction of sp³-hybridized carbons (Fsp3) is 0.255. The normalized spacial score (nSPS) is 16.5. The van der Waals surface area contributed by atoms with Crippen LogP contribution in [0.25, 0.3) is 67.4 Å². The van der Waals surface area contributed by atoms with E-state index >= 15 is 0 Å². The Morgan fingerprint density at radius 2 is 0.459 bits per heavy atom. The van der Waals surface area contributed by atoms with Crippen LogP contribution in [-0.4, -0.2) is 40.0 Å². The third-order valence-corrected chi connectivity index (χ3v) is 27.1. The molecule has 0 heterocycles. The Hall–Kier alpha value is -8.78. The molecule has 0 aromatic heterocycles. The molecular weight excluding hydrogens is 1510 g/mol. The van der Waals surface area contributed by atoms with Gasteiger partial charge in [0.1, 0.15) is 45.4 Å². The summed E-state index contributed by atoms with van der Waals surface area (Å²) in [6, 6.07) is 62.7. The topological polar surface area (TPSA) is 36.9 Å². The van der Waals surface area contributed by atoms with Gasteiger partial charge in [-0.1, -0.05) is 186 Å². The molecule has 4 aliphatic rings. The standard InChI is InChI=1S/2C51H51O2Si.2ClH.Zr/c2*1-32-26-42-38(44-28-34-18-10-12-20-36(34)30-46(44)52-50(3,4)5)22-14-16-24-40(42)48(32)54(9)49-33(2)27-43-39(23-15-17-25-41(43)49)45-29-35-19-11-13-21-37(35)31-47(45)53-51(6,7)8;;;/h2*10-31,38-39H,1-9H3;2*1H;/q2*-2;;;+2/p-2. The van der Waals surface area contributed by atoms with E-state index in [0.29, 0.717) is 0 Å². The molecule has 9 heteroatoms. The Labute approximate surface area is 681 Å². The third kappa shape index (κ3) is 16.8. The van der Waals surface area contributed by atoms with Crippen LogP contribution < -0.4 is 39.7 Å². The van der Waals surface area contributed by atoms with Gasteiger partial charge >= 0.3 is 37.9 Å². The zero-order chi connectivity index (χ0) is 78.6. The van der Waals surface area contributed by atoms with Crippen molar-refractivity contribution >= 4 is 123 Å². The molecule has 0 fully saturated rings. The van der Waals surface area contributed by atoms with Gasteiger partial charge in [-0.15, -0.1) is 91.6 Å². The van der Waals surface area contributed by atoms with Gasteiger partial charge in [0.25, 0.3) is 0 Å². The van der Waals surface area contributed by atoms with Gasteiger partial charge in [0.05, 0.1) is 0 Å². The number of halogens is 2. The van der Waals surface area contributed by atoms with E-state index in [4.69, 9.17) is 36.0 Å². The monoisotopic (exact) mass is 1610 g/mol. The van der Waals surface area contributed by atoms with Crippen molar-refractivity contribution in [3.05, 3.63) is 332 Å². The summed E-state index contributed by atoms with van der Waals surface area (Å²) in [4.78, 5) is 0. The molecule has 2 radical (unpaired) electrons. The van der Waals surface area contributed by atoms with Crippen molar-refractivity contribution in [3.8, 4) is 23.0 Å². The minimum atomic E-state index is -1.21. The average Bonchev–Trinajstić information content (AvgIpc) is 1.61. The van der Waals surface area contributed by atoms with E-state index < -0.39 is 38.4 Å². The molecule has 0 aliphatic heterocycles. The Morgan fingerprint density at radius 3 is 0.640 bits per heavy atom. The van der Waals surface area contributed by atoms with E-state index in [2.05, 4.69) is 391 Å². The summed E-state index contributed by atoms with van der Waals surface area (Å²) >= 11 is -0.826. The second-order valence-electron chi connectivity index (χ2n) is 34.3. The van der Waals surface area contributed by atoms with Crippen molar-refractivity contribution in [2.24, 2.45) is 0 Å². The summed E-state index contributed by atoms with van der Waals surface area (Å²) in [5, 5.41) is 15.7. The molecule has 12 aromatic carbocycles. The van der Waals surface area contributed by atoms with Gasteiger partial charge in [0.15, 0.2) is 0 Å². The predicted octanol–water partition coefficient (Wildman–Crippen LogP) is 25.5. The van der Waals surface area contributed by atoms with E-state index in [1.807, 2.05) is 0 Å². The first-order valence-electron chi connectivity index (χ1n) is 39.0. The van der Waals surface area contributed by atoms with Crippen molar-refractivity contribution < 1.29 is 39.8 Å². The van der Waals surface area contributed by atoms with Crippen LogP contribution in [0.4, 0.5) is 0 Å². The summed E-state index contributed by atoms with van der Waals surface area (Å²) in [5.74, 6) is 4.09. The minimum absolute atomic E-state index is 0.0692. The van der Waals surface area contributed by atoms with Gasteiger partial charge in [0, 0.05) is 17.6 Å². The molecule has 0 bridgehead atoms. The van der Waals surface area contributed by atoms with Crippen LogP contribution in [0, 0.1) is 27.7 Å². The molecule has 4 aliphatic carbocycles. The first kappa shape index (κ1) is 78.9. The van der Waals surface area contributed by atoms with Crippen LogP contribution in [0.3, 0.4) is 0 Å². The van der Waals surface area contributed by atoms with Crippen LogP contribution >= 0.6 is 17.0 Å². The Bertz CT molecular complexity index is 5070. The molecule has 0 amide bonds. The van der Waals surface area contributed by atoms with Crippen LogP contribution in [0.2, 0.25) is 13.1 Å². The fourth-order valence-electron chi connectivity index (χ4n) is 17.3. The number of aryl methyl sites for hydroxylation is 4. The van der Waals surface area contributed by atoms with E-state index in [1.165, 1.54) is 153 Å². The summed E-state index contributed by atoms with van der Waals surface area (Å²) in [7, 11) is 7.46. The maximum absolute atomic E-state index is 6.72. The van der Waals surface area contributed by atoms with E-state index in [1.54, 1.807) is 0 Å². The fourth-order valence-corrected chi connectivity index (χ4v) is 23.0. The Balaban J connectivity index is 0.000000178. The van der Waals surface area contributed by atoms with Gasteiger partial charge in [-0.25, -0.2) is 0 Å². The molecule has 564 valence electrons. The maximum atomic E-state index is 6.72. The predicted molar refractivity (Wildman–Crippen MR) is 478 cm³/mol. The van der Waals surface area contributed by atoms with Crippen molar-refractivity contribution in [2.45, 2.75) is 170 Å². The van der Waals surface area contributed by atoms with Gasteiger partial charge < -0.3 is 18.9 Å². The first-order valence-corrected chi connectivity index (χ1v) is 49.4. The molecule has 0 N–H and O–H groups in total. The number of ether oxygens (including phenoxy) is 4. The number of hydrogen-bond acceptors (Lipinski definition) is 4. The summed E-state index contributed by atoms with van der Waals surface area (Å²) in [6.45, 7) is 39.9. The SMILES string of the molecule is Cc1cc2c([c-]1[Si](C)[c-]1c(C)cc3c1C=CC=CC3c1cc3ccccc3cc1OC(C)(C)C)C=CC=CC2c1cc2ccccc2cc1OC(C)(C)C.Cc1cc2c([c-]1[Si](C)[c-]1c(C)cc3c1C=CC=CC3c1cc3ccccc3cc1OC(C)(C)C)C=CC=CC2c1cc2ccccc2cc1OC(C)(C)C.[Cl][Zr][Cl]. The molecule has 4 nitrogen and oxygen atoms in total. The summed E-state index contributed by atoms with van der Waals surface area (Å²) in [5.41, 5.74) is 20.0. The summed E-state index contributed by atoms with van der Waals surface area (Å²) < 4.78 is 26.9. The van der Waals surface area contributed by atoms with Crippen molar-refractivity contribution in [2.75, 3.05) is 0 Å². The van der Waals surface area contributed by atoms with E-state index in [0.717, 1.165) is 23.0 Å².